The smallest absolute Gasteiger partial charge is 0.259 e. The fourth-order valence-electron chi connectivity index (χ4n) is 2.92. The molecule has 1 amide bonds. The van der Waals surface area contributed by atoms with Crippen LogP contribution < -0.4 is 10.1 Å². The Morgan fingerprint density at radius 2 is 2.07 bits per heavy atom. The van der Waals surface area contributed by atoms with Crippen molar-refractivity contribution in [2.75, 3.05) is 12.4 Å². The zero-order valence-corrected chi connectivity index (χ0v) is 16.8. The summed E-state index contributed by atoms with van der Waals surface area (Å²) in [6.07, 6.45) is 3.36. The first-order chi connectivity index (χ1) is 14.0. The van der Waals surface area contributed by atoms with E-state index in [-0.39, 0.29) is 11.9 Å². The molecule has 0 spiro atoms. The number of hydrogen-bond donors (Lipinski definition) is 1. The number of benzene rings is 2. The molecule has 0 atom stereocenters. The van der Waals surface area contributed by atoms with Gasteiger partial charge in [0.2, 0.25) is 0 Å². The van der Waals surface area contributed by atoms with Gasteiger partial charge in [0.1, 0.15) is 12.1 Å². The van der Waals surface area contributed by atoms with Gasteiger partial charge in [-0.05, 0) is 48.5 Å². The van der Waals surface area contributed by atoms with Gasteiger partial charge < -0.3 is 10.1 Å². The number of nitrogens with zero attached hydrogens (tertiary/aromatic N) is 6. The quantitative estimate of drug-likeness (QED) is 0.539. The Kier molecular flexibility index (Phi) is 4.89. The van der Waals surface area contributed by atoms with Crippen LogP contribution in [0.2, 0.25) is 5.02 Å². The highest BCUT2D eigenvalue weighted by Gasteiger charge is 2.18. The second-order valence-electron chi connectivity index (χ2n) is 6.69. The van der Waals surface area contributed by atoms with E-state index in [0.29, 0.717) is 27.7 Å². The van der Waals surface area contributed by atoms with E-state index >= 15 is 0 Å². The predicted molar refractivity (Wildman–Crippen MR) is 109 cm³/mol. The van der Waals surface area contributed by atoms with Gasteiger partial charge in [-0.15, -0.1) is 5.10 Å². The van der Waals surface area contributed by atoms with Crippen LogP contribution in [0.5, 0.6) is 5.75 Å². The molecule has 0 fully saturated rings. The Hall–Kier alpha value is -3.46. The summed E-state index contributed by atoms with van der Waals surface area (Å²) in [6.45, 7) is 4.12. The molecule has 148 valence electrons. The molecule has 0 unspecified atom stereocenters. The van der Waals surface area contributed by atoms with E-state index in [1.807, 2.05) is 23.0 Å². The monoisotopic (exact) mass is 411 g/mol. The third-order valence-electron chi connectivity index (χ3n) is 4.42. The average Bonchev–Trinajstić information content (AvgIpc) is 3.37. The maximum atomic E-state index is 12.9. The number of fused-ring (bicyclic) bond motifs is 1. The number of carbonyl (C=O) groups is 1. The molecule has 0 bridgehead atoms. The molecular formula is C19H18ClN7O2. The Bertz CT molecular complexity index is 1180. The van der Waals surface area contributed by atoms with Crippen LogP contribution in [0.3, 0.4) is 0 Å². The Balaban J connectivity index is 1.64. The van der Waals surface area contributed by atoms with Crippen LogP contribution >= 0.6 is 11.6 Å². The van der Waals surface area contributed by atoms with Crippen LogP contribution in [0, 0.1) is 0 Å². The largest absolute Gasteiger partial charge is 0.496 e. The molecule has 2 aromatic carbocycles. The van der Waals surface area contributed by atoms with Crippen molar-refractivity contribution < 1.29 is 9.53 Å². The molecule has 0 saturated heterocycles. The topological polar surface area (TPSA) is 99.8 Å². The summed E-state index contributed by atoms with van der Waals surface area (Å²) in [5, 5.41) is 19.7. The van der Waals surface area contributed by atoms with Gasteiger partial charge in [0.25, 0.3) is 5.91 Å². The maximum Gasteiger partial charge on any atom is 0.259 e. The van der Waals surface area contributed by atoms with Crippen LogP contribution in [0.25, 0.3) is 16.6 Å². The molecule has 10 heteroatoms. The second-order valence-corrected chi connectivity index (χ2v) is 7.10. The van der Waals surface area contributed by atoms with Crippen molar-refractivity contribution in [1.29, 1.82) is 0 Å². The van der Waals surface area contributed by atoms with Gasteiger partial charge in [-0.1, -0.05) is 11.6 Å². The number of halogens is 1. The Labute approximate surface area is 171 Å². The van der Waals surface area contributed by atoms with E-state index in [4.69, 9.17) is 16.3 Å². The highest BCUT2D eigenvalue weighted by Crippen LogP contribution is 2.30. The number of rotatable bonds is 5. The van der Waals surface area contributed by atoms with Crippen LogP contribution in [-0.2, 0) is 0 Å². The maximum absolute atomic E-state index is 12.9. The Morgan fingerprint density at radius 3 is 2.76 bits per heavy atom. The van der Waals surface area contributed by atoms with Crippen LogP contribution in [0.1, 0.15) is 30.2 Å². The third-order valence-corrected chi connectivity index (χ3v) is 4.72. The van der Waals surface area contributed by atoms with Crippen molar-refractivity contribution in [1.82, 2.24) is 30.0 Å². The van der Waals surface area contributed by atoms with E-state index in [2.05, 4.69) is 39.8 Å². The molecule has 4 aromatic rings. The van der Waals surface area contributed by atoms with Crippen molar-refractivity contribution in [3.05, 3.63) is 53.4 Å². The fraction of sp³-hybridized carbons (Fsp3) is 0.211. The van der Waals surface area contributed by atoms with Crippen molar-refractivity contribution in [3.8, 4) is 11.4 Å². The number of tetrazole rings is 1. The third kappa shape index (κ3) is 3.64. The summed E-state index contributed by atoms with van der Waals surface area (Å²) >= 11 is 6.34. The summed E-state index contributed by atoms with van der Waals surface area (Å²) in [5.41, 5.74) is 2.32. The zero-order chi connectivity index (χ0) is 20.5. The fourth-order valence-corrected chi connectivity index (χ4v) is 3.17. The molecule has 29 heavy (non-hydrogen) atoms. The molecule has 4 rings (SSSR count). The second kappa shape index (κ2) is 7.51. The van der Waals surface area contributed by atoms with Crippen molar-refractivity contribution in [3.63, 3.8) is 0 Å². The SMILES string of the molecule is COc1cc(-n2cnnn2)c(Cl)cc1C(=O)Nc1ccc2nn(C(C)C)cc2c1. The Morgan fingerprint density at radius 1 is 1.24 bits per heavy atom. The number of hydrogen-bond acceptors (Lipinski definition) is 6. The van der Waals surface area contributed by atoms with Gasteiger partial charge in [0, 0.05) is 29.4 Å². The minimum atomic E-state index is -0.345. The van der Waals surface area contributed by atoms with Gasteiger partial charge in [-0.25, -0.2) is 0 Å². The molecular weight excluding hydrogens is 394 g/mol. The van der Waals surface area contributed by atoms with Crippen LogP contribution in [0.15, 0.2) is 42.9 Å². The van der Waals surface area contributed by atoms with Gasteiger partial charge in [-0.3, -0.25) is 9.48 Å². The minimum Gasteiger partial charge on any atom is -0.496 e. The molecule has 2 aromatic heterocycles. The highest BCUT2D eigenvalue weighted by atomic mass is 35.5. The molecule has 0 aliphatic carbocycles. The van der Waals surface area contributed by atoms with Crippen molar-refractivity contribution in [2.45, 2.75) is 19.9 Å². The van der Waals surface area contributed by atoms with Gasteiger partial charge in [-0.2, -0.15) is 9.78 Å². The van der Waals surface area contributed by atoms with Gasteiger partial charge >= 0.3 is 0 Å². The van der Waals surface area contributed by atoms with Crippen molar-refractivity contribution >= 4 is 34.1 Å². The number of nitrogens with one attached hydrogen (secondary N) is 1. The molecule has 9 nitrogen and oxygen atoms in total. The zero-order valence-electron chi connectivity index (χ0n) is 16.0. The molecule has 0 aliphatic heterocycles. The first kappa shape index (κ1) is 18.9. The lowest BCUT2D eigenvalue weighted by molar-refractivity contribution is 0.102. The van der Waals surface area contributed by atoms with E-state index < -0.39 is 0 Å². The van der Waals surface area contributed by atoms with Gasteiger partial charge in [0.15, 0.2) is 0 Å². The van der Waals surface area contributed by atoms with E-state index in [0.717, 1.165) is 10.9 Å². The summed E-state index contributed by atoms with van der Waals surface area (Å²) in [7, 11) is 1.48. The standard InChI is InChI=1S/C19H18ClN7O2/c1-11(2)26-9-12-6-13(4-5-16(12)23-26)22-19(28)14-7-15(20)17(8-18(14)29-3)27-10-21-24-25-27/h4-11H,1-3H3,(H,22,28). The van der Waals surface area contributed by atoms with Crippen molar-refractivity contribution in [2.24, 2.45) is 0 Å². The lowest BCUT2D eigenvalue weighted by atomic mass is 10.1. The molecule has 0 radical (unpaired) electrons. The minimum absolute atomic E-state index is 0.255. The van der Waals surface area contributed by atoms with Crippen LogP contribution in [-0.4, -0.2) is 43.0 Å². The lowest BCUT2D eigenvalue weighted by Gasteiger charge is -2.12. The predicted octanol–water partition coefficient (Wildman–Crippen LogP) is 3.51. The van der Waals surface area contributed by atoms with Crippen LogP contribution in [0.4, 0.5) is 5.69 Å². The number of ether oxygens (including phenoxy) is 1. The number of amides is 1. The van der Waals surface area contributed by atoms with E-state index in [1.165, 1.54) is 24.2 Å². The van der Waals surface area contributed by atoms with Gasteiger partial charge in [0.05, 0.1) is 28.9 Å². The lowest BCUT2D eigenvalue weighted by Crippen LogP contribution is -2.14. The number of aromatic nitrogens is 6. The normalized spacial score (nSPS) is 11.2. The summed E-state index contributed by atoms with van der Waals surface area (Å²) < 4.78 is 8.66. The molecule has 0 saturated carbocycles. The first-order valence-corrected chi connectivity index (χ1v) is 9.25. The summed E-state index contributed by atoms with van der Waals surface area (Å²) in [5.74, 6) is 0.00808. The molecule has 1 N–H and O–H groups in total. The summed E-state index contributed by atoms with van der Waals surface area (Å²) in [6, 6.07) is 8.95. The number of methoxy groups -OCH3 is 1. The first-order valence-electron chi connectivity index (χ1n) is 8.87. The number of anilines is 1. The summed E-state index contributed by atoms with van der Waals surface area (Å²) in [4.78, 5) is 12.9. The van der Waals surface area contributed by atoms with E-state index in [9.17, 15) is 4.79 Å². The average molecular weight is 412 g/mol. The highest BCUT2D eigenvalue weighted by molar-refractivity contribution is 6.33. The number of carbonyl (C=O) groups excluding carboxylic acids is 1. The molecule has 2 heterocycles. The van der Waals surface area contributed by atoms with E-state index in [1.54, 1.807) is 12.1 Å². The molecule has 0 aliphatic rings.